The lowest BCUT2D eigenvalue weighted by Gasteiger charge is -2.05. The van der Waals surface area contributed by atoms with Gasteiger partial charge in [0.1, 0.15) is 6.61 Å². The van der Waals surface area contributed by atoms with Gasteiger partial charge in [0, 0.05) is 22.6 Å². The van der Waals surface area contributed by atoms with Crippen LogP contribution in [0.3, 0.4) is 0 Å². The first kappa shape index (κ1) is 12.9. The van der Waals surface area contributed by atoms with Crippen LogP contribution in [-0.2, 0) is 11.3 Å². The van der Waals surface area contributed by atoms with Crippen LogP contribution >= 0.6 is 22.6 Å². The van der Waals surface area contributed by atoms with Crippen LogP contribution in [0.15, 0.2) is 30.3 Å². The standard InChI is InChI=1S/C12H10IN3O2/c1-8-10(14-12(13)16-15-8)11(17)18-7-9-5-3-2-4-6-9/h2-6H,7H2,1H3. The van der Waals surface area contributed by atoms with Crippen molar-refractivity contribution in [3.8, 4) is 0 Å². The van der Waals surface area contributed by atoms with Gasteiger partial charge in [-0.3, -0.25) is 0 Å². The minimum atomic E-state index is -0.482. The molecule has 92 valence electrons. The molecule has 1 aromatic heterocycles. The highest BCUT2D eigenvalue weighted by Gasteiger charge is 2.14. The molecule has 0 N–H and O–H groups in total. The summed E-state index contributed by atoms with van der Waals surface area (Å²) in [5.74, 6) is -0.482. The van der Waals surface area contributed by atoms with Gasteiger partial charge in [-0.2, -0.15) is 5.10 Å². The van der Waals surface area contributed by atoms with E-state index < -0.39 is 5.97 Å². The molecule has 1 heterocycles. The lowest BCUT2D eigenvalue weighted by molar-refractivity contribution is 0.0463. The van der Waals surface area contributed by atoms with E-state index in [1.54, 1.807) is 6.92 Å². The highest BCUT2D eigenvalue weighted by molar-refractivity contribution is 14.1. The average Bonchev–Trinajstić information content (AvgIpc) is 2.40. The molecule has 1 aromatic carbocycles. The quantitative estimate of drug-likeness (QED) is 0.624. The van der Waals surface area contributed by atoms with Crippen molar-refractivity contribution >= 4 is 28.6 Å². The van der Waals surface area contributed by atoms with Gasteiger partial charge in [0.2, 0.25) is 3.83 Å². The fourth-order valence-corrected chi connectivity index (χ4v) is 1.69. The van der Waals surface area contributed by atoms with E-state index in [4.69, 9.17) is 4.74 Å². The highest BCUT2D eigenvalue weighted by atomic mass is 127. The summed E-state index contributed by atoms with van der Waals surface area (Å²) in [6.45, 7) is 1.90. The normalized spacial score (nSPS) is 10.1. The molecule has 0 aliphatic heterocycles. The summed E-state index contributed by atoms with van der Waals surface area (Å²) in [6, 6.07) is 9.48. The van der Waals surface area contributed by atoms with Crippen LogP contribution < -0.4 is 0 Å². The number of benzene rings is 1. The van der Waals surface area contributed by atoms with E-state index in [0.717, 1.165) is 5.56 Å². The molecule has 0 radical (unpaired) electrons. The largest absolute Gasteiger partial charge is 0.456 e. The second kappa shape index (κ2) is 5.85. The van der Waals surface area contributed by atoms with E-state index >= 15 is 0 Å². The third-order valence-electron chi connectivity index (χ3n) is 2.24. The maximum absolute atomic E-state index is 11.8. The highest BCUT2D eigenvalue weighted by Crippen LogP contribution is 2.07. The molecule has 0 atom stereocenters. The van der Waals surface area contributed by atoms with Crippen molar-refractivity contribution in [2.24, 2.45) is 0 Å². The van der Waals surface area contributed by atoms with Crippen LogP contribution in [-0.4, -0.2) is 21.2 Å². The number of carbonyl (C=O) groups excluding carboxylic acids is 1. The Hall–Kier alpha value is -1.57. The maximum atomic E-state index is 11.8. The monoisotopic (exact) mass is 355 g/mol. The first-order chi connectivity index (χ1) is 8.66. The number of hydrogen-bond donors (Lipinski definition) is 0. The molecular formula is C12H10IN3O2. The Labute approximate surface area is 118 Å². The minimum absolute atomic E-state index is 0.213. The third-order valence-corrected chi connectivity index (χ3v) is 2.69. The minimum Gasteiger partial charge on any atom is -0.456 e. The summed E-state index contributed by atoms with van der Waals surface area (Å²) < 4.78 is 5.60. The third kappa shape index (κ3) is 3.22. The fourth-order valence-electron chi connectivity index (χ4n) is 1.34. The molecule has 0 aliphatic carbocycles. The molecule has 6 heteroatoms. The van der Waals surface area contributed by atoms with Gasteiger partial charge in [-0.25, -0.2) is 9.78 Å². The number of aryl methyl sites for hydroxylation is 1. The summed E-state index contributed by atoms with van der Waals surface area (Å²) in [7, 11) is 0. The van der Waals surface area contributed by atoms with Crippen LogP contribution in [0.5, 0.6) is 0 Å². The molecule has 0 spiro atoms. The summed E-state index contributed by atoms with van der Waals surface area (Å²) in [5.41, 5.74) is 1.61. The molecule has 0 fully saturated rings. The molecule has 2 rings (SSSR count). The van der Waals surface area contributed by atoms with Crippen molar-refractivity contribution in [2.75, 3.05) is 0 Å². The number of halogens is 1. The first-order valence-electron chi connectivity index (χ1n) is 5.24. The van der Waals surface area contributed by atoms with E-state index in [-0.39, 0.29) is 12.3 Å². The lowest BCUT2D eigenvalue weighted by atomic mass is 10.2. The Bertz CT molecular complexity index is 561. The number of ether oxygens (including phenoxy) is 1. The van der Waals surface area contributed by atoms with Crippen LogP contribution in [0.25, 0.3) is 0 Å². The zero-order valence-electron chi connectivity index (χ0n) is 9.63. The summed E-state index contributed by atoms with van der Waals surface area (Å²) in [4.78, 5) is 15.9. The van der Waals surface area contributed by atoms with Gasteiger partial charge in [-0.15, -0.1) is 5.10 Å². The molecule has 5 nitrogen and oxygen atoms in total. The zero-order chi connectivity index (χ0) is 13.0. The van der Waals surface area contributed by atoms with Gasteiger partial charge in [0.05, 0.1) is 5.69 Å². The van der Waals surface area contributed by atoms with E-state index in [0.29, 0.717) is 9.53 Å². The Morgan fingerprint density at radius 2 is 2.00 bits per heavy atom. The van der Waals surface area contributed by atoms with Crippen molar-refractivity contribution < 1.29 is 9.53 Å². The number of carbonyl (C=O) groups is 1. The zero-order valence-corrected chi connectivity index (χ0v) is 11.8. The Morgan fingerprint density at radius 3 is 2.72 bits per heavy atom. The summed E-state index contributed by atoms with van der Waals surface area (Å²) >= 11 is 1.90. The van der Waals surface area contributed by atoms with E-state index in [1.807, 2.05) is 52.9 Å². The number of nitrogens with zero attached hydrogens (tertiary/aromatic N) is 3. The molecule has 2 aromatic rings. The van der Waals surface area contributed by atoms with Crippen LogP contribution in [0.4, 0.5) is 0 Å². The fraction of sp³-hybridized carbons (Fsp3) is 0.167. The van der Waals surface area contributed by atoms with Crippen LogP contribution in [0, 0.1) is 10.8 Å². The maximum Gasteiger partial charge on any atom is 0.359 e. The smallest absolute Gasteiger partial charge is 0.359 e. The predicted octanol–water partition coefficient (Wildman–Crippen LogP) is 2.14. The van der Waals surface area contributed by atoms with Crippen molar-refractivity contribution in [3.05, 3.63) is 51.1 Å². The van der Waals surface area contributed by atoms with E-state index in [9.17, 15) is 4.79 Å². The second-order valence-corrected chi connectivity index (χ2v) is 4.54. The van der Waals surface area contributed by atoms with Crippen LogP contribution in [0.1, 0.15) is 21.7 Å². The number of hydrogen-bond acceptors (Lipinski definition) is 5. The van der Waals surface area contributed by atoms with Gasteiger partial charge in [-0.1, -0.05) is 30.3 Å². The summed E-state index contributed by atoms with van der Waals surface area (Å²) in [5, 5.41) is 7.59. The number of rotatable bonds is 3. The molecule has 0 aliphatic rings. The van der Waals surface area contributed by atoms with Gasteiger partial charge >= 0.3 is 5.97 Å². The van der Waals surface area contributed by atoms with E-state index in [1.165, 1.54) is 0 Å². The molecule has 0 amide bonds. The summed E-state index contributed by atoms with van der Waals surface area (Å²) in [6.07, 6.45) is 0. The average molecular weight is 355 g/mol. The molecule has 18 heavy (non-hydrogen) atoms. The van der Waals surface area contributed by atoms with Crippen molar-refractivity contribution in [1.82, 2.24) is 15.2 Å². The van der Waals surface area contributed by atoms with E-state index in [2.05, 4.69) is 15.2 Å². The topological polar surface area (TPSA) is 65.0 Å². The first-order valence-corrected chi connectivity index (χ1v) is 6.32. The molecule has 0 bridgehead atoms. The molecular weight excluding hydrogens is 345 g/mol. The Balaban J connectivity index is 2.06. The van der Waals surface area contributed by atoms with Crippen LogP contribution in [0.2, 0.25) is 0 Å². The molecule has 0 unspecified atom stereocenters. The number of esters is 1. The van der Waals surface area contributed by atoms with Gasteiger partial charge in [0.15, 0.2) is 5.69 Å². The Kier molecular flexibility index (Phi) is 4.19. The SMILES string of the molecule is Cc1nnc(I)nc1C(=O)OCc1ccccc1. The molecule has 0 saturated heterocycles. The van der Waals surface area contributed by atoms with Gasteiger partial charge in [0.25, 0.3) is 0 Å². The second-order valence-electron chi connectivity index (χ2n) is 3.58. The van der Waals surface area contributed by atoms with Crippen molar-refractivity contribution in [3.63, 3.8) is 0 Å². The van der Waals surface area contributed by atoms with Crippen molar-refractivity contribution in [2.45, 2.75) is 13.5 Å². The number of aromatic nitrogens is 3. The van der Waals surface area contributed by atoms with Gasteiger partial charge in [-0.05, 0) is 12.5 Å². The Morgan fingerprint density at radius 1 is 1.28 bits per heavy atom. The molecule has 0 saturated carbocycles. The predicted molar refractivity (Wildman–Crippen MR) is 72.8 cm³/mol. The lowest BCUT2D eigenvalue weighted by Crippen LogP contribution is -2.12. The van der Waals surface area contributed by atoms with Gasteiger partial charge < -0.3 is 4.74 Å². The van der Waals surface area contributed by atoms with Crippen molar-refractivity contribution in [1.29, 1.82) is 0 Å².